The maximum absolute atomic E-state index is 12.2. The molecule has 0 radical (unpaired) electrons. The van der Waals surface area contributed by atoms with Crippen molar-refractivity contribution in [3.05, 3.63) is 42.0 Å². The maximum atomic E-state index is 12.2. The lowest BCUT2D eigenvalue weighted by Gasteiger charge is -2.20. The average molecular weight is 406 g/mol. The van der Waals surface area contributed by atoms with Crippen LogP contribution in [0.4, 0.5) is 22.7 Å². The predicted octanol–water partition coefficient (Wildman–Crippen LogP) is 1.95. The summed E-state index contributed by atoms with van der Waals surface area (Å²) >= 11 is 0. The van der Waals surface area contributed by atoms with Crippen molar-refractivity contribution < 1.29 is 23.1 Å². The number of anilines is 4. The number of carboxylic acids is 1. The zero-order valence-electron chi connectivity index (χ0n) is 15.0. The van der Waals surface area contributed by atoms with Crippen LogP contribution in [0.3, 0.4) is 0 Å². The molecule has 28 heavy (non-hydrogen) atoms. The molecule has 0 aromatic heterocycles. The molecule has 0 aliphatic carbocycles. The number of carboxylic acid groups (broad SMARTS) is 1. The van der Waals surface area contributed by atoms with Gasteiger partial charge in [-0.1, -0.05) is 0 Å². The maximum Gasteiger partial charge on any atom is 0.335 e. The average Bonchev–Trinajstić information content (AvgIpc) is 3.15. The van der Waals surface area contributed by atoms with E-state index in [-0.39, 0.29) is 22.3 Å². The van der Waals surface area contributed by atoms with Gasteiger partial charge < -0.3 is 26.2 Å². The Kier molecular flexibility index (Phi) is 5.73. The van der Waals surface area contributed by atoms with E-state index in [4.69, 9.17) is 15.6 Å². The van der Waals surface area contributed by atoms with E-state index in [1.165, 1.54) is 6.07 Å². The molecule has 10 heteroatoms. The molecule has 2 aromatic carbocycles. The third-order valence-electron chi connectivity index (χ3n) is 4.38. The van der Waals surface area contributed by atoms with Crippen molar-refractivity contribution in [2.45, 2.75) is 23.8 Å². The Hall–Kier alpha value is -2.82. The third kappa shape index (κ3) is 4.71. The van der Waals surface area contributed by atoms with Crippen molar-refractivity contribution in [3.8, 4) is 0 Å². The smallest absolute Gasteiger partial charge is 0.335 e. The number of nitrogens with one attached hydrogen (secondary N) is 2. The Morgan fingerprint density at radius 2 is 1.96 bits per heavy atom. The topological polar surface area (TPSA) is 157 Å². The summed E-state index contributed by atoms with van der Waals surface area (Å²) in [5.41, 5.74) is 7.08. The van der Waals surface area contributed by atoms with Gasteiger partial charge in [-0.05, 0) is 49.2 Å². The van der Waals surface area contributed by atoms with Crippen LogP contribution in [0, 0.1) is 0 Å². The van der Waals surface area contributed by atoms with Crippen molar-refractivity contribution in [3.63, 3.8) is 0 Å². The van der Waals surface area contributed by atoms with Gasteiger partial charge in [0.25, 0.3) is 0 Å². The quantitative estimate of drug-likeness (QED) is 0.437. The standard InChI is InChI=1S/C18H22N4O5S/c19-12-3-5-13(6-4-12)22-17-15(21-10-14-2-1-7-27-14)8-11(18(23)24)9-16(17)28(20,25)26/h3-6,8-9,14,21-22H,1-2,7,10,19H2,(H,23,24)(H2,20,25,26). The van der Waals surface area contributed by atoms with Gasteiger partial charge in [0.1, 0.15) is 4.90 Å². The number of carbonyl (C=O) groups is 1. The molecule has 1 saturated heterocycles. The van der Waals surface area contributed by atoms with Crippen molar-refractivity contribution in [2.75, 3.05) is 29.5 Å². The molecular formula is C18H22N4O5S. The first-order valence-corrected chi connectivity index (χ1v) is 10.2. The van der Waals surface area contributed by atoms with E-state index in [0.717, 1.165) is 18.9 Å². The van der Waals surface area contributed by atoms with Crippen LogP contribution < -0.4 is 21.5 Å². The van der Waals surface area contributed by atoms with E-state index in [9.17, 15) is 18.3 Å². The van der Waals surface area contributed by atoms with Crippen LogP contribution >= 0.6 is 0 Å². The molecule has 2 aromatic rings. The van der Waals surface area contributed by atoms with E-state index in [2.05, 4.69) is 10.6 Å². The fraction of sp³-hybridized carbons (Fsp3) is 0.278. The van der Waals surface area contributed by atoms with E-state index in [0.29, 0.717) is 30.2 Å². The number of hydrogen-bond donors (Lipinski definition) is 5. The first-order chi connectivity index (χ1) is 13.2. The van der Waals surface area contributed by atoms with Gasteiger partial charge in [0.2, 0.25) is 10.0 Å². The summed E-state index contributed by atoms with van der Waals surface area (Å²) in [5, 5.41) is 20.8. The van der Waals surface area contributed by atoms with Crippen LogP contribution in [0.25, 0.3) is 0 Å². The number of ether oxygens (including phenoxy) is 1. The zero-order valence-corrected chi connectivity index (χ0v) is 15.8. The van der Waals surface area contributed by atoms with Crippen LogP contribution in [0.2, 0.25) is 0 Å². The highest BCUT2D eigenvalue weighted by molar-refractivity contribution is 7.89. The molecule has 0 saturated carbocycles. The second-order valence-corrected chi connectivity index (χ2v) is 8.04. The van der Waals surface area contributed by atoms with Crippen molar-refractivity contribution in [2.24, 2.45) is 5.14 Å². The molecule has 1 aliphatic heterocycles. The summed E-state index contributed by atoms with van der Waals surface area (Å²) < 4.78 is 29.9. The Labute approximate surface area is 162 Å². The first-order valence-electron chi connectivity index (χ1n) is 8.66. The summed E-state index contributed by atoms with van der Waals surface area (Å²) in [6.45, 7) is 1.07. The molecule has 0 spiro atoms. The first kappa shape index (κ1) is 19.9. The highest BCUT2D eigenvalue weighted by atomic mass is 32.2. The van der Waals surface area contributed by atoms with Gasteiger partial charge >= 0.3 is 5.97 Å². The van der Waals surface area contributed by atoms with Gasteiger partial charge in [-0.3, -0.25) is 0 Å². The van der Waals surface area contributed by atoms with Gasteiger partial charge in [0.15, 0.2) is 0 Å². The van der Waals surface area contributed by atoms with Crippen LogP contribution in [-0.2, 0) is 14.8 Å². The molecule has 3 rings (SSSR count). The number of primary sulfonamides is 1. The SMILES string of the molecule is Nc1ccc(Nc2c(NCC3CCCO3)cc(C(=O)O)cc2S(N)(=O)=O)cc1. The molecule has 150 valence electrons. The Balaban J connectivity index is 2.05. The third-order valence-corrected chi connectivity index (χ3v) is 5.31. The van der Waals surface area contributed by atoms with Crippen molar-refractivity contribution in [1.29, 1.82) is 0 Å². The fourth-order valence-electron chi connectivity index (χ4n) is 2.97. The molecule has 7 N–H and O–H groups in total. The zero-order chi connectivity index (χ0) is 20.3. The highest BCUT2D eigenvalue weighted by Gasteiger charge is 2.23. The van der Waals surface area contributed by atoms with Gasteiger partial charge in [-0.25, -0.2) is 18.4 Å². The minimum Gasteiger partial charge on any atom is -0.478 e. The molecular weight excluding hydrogens is 384 g/mol. The van der Waals surface area contributed by atoms with Crippen LogP contribution in [0.15, 0.2) is 41.3 Å². The minimum absolute atomic E-state index is 0.0317. The van der Waals surface area contributed by atoms with Crippen molar-refractivity contribution in [1.82, 2.24) is 0 Å². The van der Waals surface area contributed by atoms with E-state index >= 15 is 0 Å². The fourth-order valence-corrected chi connectivity index (χ4v) is 3.71. The molecule has 0 amide bonds. The summed E-state index contributed by atoms with van der Waals surface area (Å²) in [6, 6.07) is 9.07. The van der Waals surface area contributed by atoms with Gasteiger partial charge in [-0.2, -0.15) is 0 Å². The number of nitrogens with two attached hydrogens (primary N) is 2. The van der Waals surface area contributed by atoms with E-state index < -0.39 is 16.0 Å². The molecule has 1 heterocycles. The van der Waals surface area contributed by atoms with Crippen LogP contribution in [-0.4, -0.2) is 38.7 Å². The van der Waals surface area contributed by atoms with E-state index in [1.54, 1.807) is 24.3 Å². The van der Waals surface area contributed by atoms with Gasteiger partial charge in [-0.15, -0.1) is 0 Å². The molecule has 0 bridgehead atoms. The molecule has 1 atom stereocenters. The number of hydrogen-bond acceptors (Lipinski definition) is 7. The van der Waals surface area contributed by atoms with Gasteiger partial charge in [0.05, 0.1) is 23.0 Å². The van der Waals surface area contributed by atoms with Crippen molar-refractivity contribution >= 4 is 38.7 Å². The number of benzene rings is 2. The second-order valence-electron chi connectivity index (χ2n) is 6.51. The highest BCUT2D eigenvalue weighted by Crippen LogP contribution is 2.34. The lowest BCUT2D eigenvalue weighted by molar-refractivity contribution is 0.0696. The molecule has 1 fully saturated rings. The molecule has 1 unspecified atom stereocenters. The lowest BCUT2D eigenvalue weighted by atomic mass is 10.1. The molecule has 9 nitrogen and oxygen atoms in total. The second kappa shape index (κ2) is 8.05. The Morgan fingerprint density at radius 1 is 1.25 bits per heavy atom. The van der Waals surface area contributed by atoms with Gasteiger partial charge in [0, 0.05) is 24.5 Å². The molecule has 1 aliphatic rings. The number of nitrogen functional groups attached to an aromatic ring is 1. The Morgan fingerprint density at radius 3 is 2.54 bits per heavy atom. The summed E-state index contributed by atoms with van der Waals surface area (Å²) in [6.07, 6.45) is 1.78. The lowest BCUT2D eigenvalue weighted by Crippen LogP contribution is -2.21. The van der Waals surface area contributed by atoms with Crippen LogP contribution in [0.1, 0.15) is 23.2 Å². The monoisotopic (exact) mass is 406 g/mol. The Bertz CT molecular complexity index is 970. The minimum atomic E-state index is -4.20. The van der Waals surface area contributed by atoms with Crippen LogP contribution in [0.5, 0.6) is 0 Å². The summed E-state index contributed by atoms with van der Waals surface area (Å²) in [7, 11) is -4.20. The normalized spacial score (nSPS) is 16.7. The number of rotatable bonds is 7. The van der Waals surface area contributed by atoms with E-state index in [1.807, 2.05) is 0 Å². The number of aromatic carboxylic acids is 1. The number of sulfonamides is 1. The summed E-state index contributed by atoms with van der Waals surface area (Å²) in [5.74, 6) is -1.26. The summed E-state index contributed by atoms with van der Waals surface area (Å²) in [4.78, 5) is 11.2. The largest absolute Gasteiger partial charge is 0.478 e. The predicted molar refractivity (Wildman–Crippen MR) is 106 cm³/mol.